The van der Waals surface area contributed by atoms with Crippen LogP contribution in [0.25, 0.3) is 0 Å². The molecule has 0 aliphatic carbocycles. The van der Waals surface area contributed by atoms with Crippen LogP contribution >= 0.6 is 0 Å². The molecular weight excluding hydrogens is 540 g/mol. The molecule has 214 valence electrons. The van der Waals surface area contributed by atoms with Crippen LogP contribution < -0.4 is 5.73 Å². The monoisotopic (exact) mass is 568 g/mol. The van der Waals surface area contributed by atoms with Gasteiger partial charge in [-0.05, 0) is 42.8 Å². The average Bonchev–Trinajstić information content (AvgIpc) is 3.37. The number of hydrogen-bond donors (Lipinski definition) is 1. The number of carbonyl (C=O) groups is 4. The van der Waals surface area contributed by atoms with Crippen LogP contribution in [0.4, 0.5) is 0 Å². The summed E-state index contributed by atoms with van der Waals surface area (Å²) in [4.78, 5) is 52.6. The van der Waals surface area contributed by atoms with Crippen molar-refractivity contribution in [3.63, 3.8) is 0 Å². The fourth-order valence-corrected chi connectivity index (χ4v) is 4.60. The van der Waals surface area contributed by atoms with Gasteiger partial charge in [-0.15, -0.1) is 0 Å². The molecule has 2 heterocycles. The van der Waals surface area contributed by atoms with Crippen molar-refractivity contribution in [3.8, 4) is 0 Å². The second kappa shape index (κ2) is 13.0. The van der Waals surface area contributed by atoms with Gasteiger partial charge in [-0.25, -0.2) is 14.4 Å². The number of nitrogens with two attached hydrogens (primary N) is 1. The number of allylic oxidation sites excluding steroid dienone is 1. The number of amides is 1. The molecule has 1 fully saturated rings. The Morgan fingerprint density at radius 2 is 1.24 bits per heavy atom. The molecule has 4 atom stereocenters. The zero-order valence-electron chi connectivity index (χ0n) is 22.4. The summed E-state index contributed by atoms with van der Waals surface area (Å²) in [5, 5.41) is 0. The van der Waals surface area contributed by atoms with E-state index in [0.29, 0.717) is 17.6 Å². The number of carbonyl (C=O) groups excluding carboxylic acids is 4. The van der Waals surface area contributed by atoms with Crippen LogP contribution in [0.1, 0.15) is 37.5 Å². The molecule has 3 aromatic rings. The quantitative estimate of drug-likeness (QED) is 0.303. The summed E-state index contributed by atoms with van der Waals surface area (Å²) in [6.07, 6.45) is 0.658. The first kappa shape index (κ1) is 28.3. The molecule has 0 saturated carbocycles. The Balaban J connectivity index is 1.47. The molecule has 1 saturated heterocycles. The Kier molecular flexibility index (Phi) is 8.74. The van der Waals surface area contributed by atoms with E-state index in [1.807, 2.05) is 0 Å². The highest BCUT2D eigenvalue weighted by Crippen LogP contribution is 2.33. The molecule has 1 amide bonds. The van der Waals surface area contributed by atoms with Crippen LogP contribution in [-0.4, -0.2) is 59.9 Å². The lowest BCUT2D eigenvalue weighted by Gasteiger charge is -2.31. The summed E-state index contributed by atoms with van der Waals surface area (Å²) in [5.74, 6) is -2.60. The van der Waals surface area contributed by atoms with Crippen LogP contribution in [0.5, 0.6) is 0 Å². The van der Waals surface area contributed by atoms with Crippen molar-refractivity contribution in [2.45, 2.75) is 31.0 Å². The topological polar surface area (TPSA) is 134 Å². The van der Waals surface area contributed by atoms with E-state index in [0.717, 1.165) is 0 Å². The standard InChI is InChI=1S/C32H28N2O8/c33-28(35)24-17-10-18-34(19-24)29-27(42-32(38)23-15-8-3-9-16-23)26(41-31(37)22-13-6-2-7-14-22)25(40-29)20-39-30(36)21-11-4-1-5-12-21/h1-16,18-19,25-27,29H,17,20H2,(H2,33,35)/t25-,26-,27-,29?/m1/s1. The van der Waals surface area contributed by atoms with Gasteiger partial charge in [0.1, 0.15) is 12.7 Å². The second-order valence-electron chi connectivity index (χ2n) is 9.56. The molecule has 42 heavy (non-hydrogen) atoms. The lowest BCUT2D eigenvalue weighted by Crippen LogP contribution is -2.45. The smallest absolute Gasteiger partial charge is 0.338 e. The summed E-state index contributed by atoms with van der Waals surface area (Å²) in [6, 6.07) is 25.0. The fourth-order valence-electron chi connectivity index (χ4n) is 4.60. The summed E-state index contributed by atoms with van der Waals surface area (Å²) in [6.45, 7) is -0.319. The van der Waals surface area contributed by atoms with Crippen molar-refractivity contribution in [2.24, 2.45) is 5.73 Å². The molecule has 2 aliphatic heterocycles. The number of esters is 3. The number of nitrogens with zero attached hydrogens (tertiary/aromatic N) is 1. The molecule has 0 spiro atoms. The Morgan fingerprint density at radius 3 is 1.76 bits per heavy atom. The van der Waals surface area contributed by atoms with Gasteiger partial charge >= 0.3 is 17.9 Å². The van der Waals surface area contributed by atoms with E-state index in [-0.39, 0.29) is 17.7 Å². The van der Waals surface area contributed by atoms with E-state index in [1.165, 1.54) is 11.1 Å². The van der Waals surface area contributed by atoms with Gasteiger partial charge in [0.15, 0.2) is 18.4 Å². The average molecular weight is 569 g/mol. The third-order valence-electron chi connectivity index (χ3n) is 6.71. The number of benzene rings is 3. The summed E-state index contributed by atoms with van der Waals surface area (Å²) >= 11 is 0. The van der Waals surface area contributed by atoms with Crippen LogP contribution in [0, 0.1) is 0 Å². The van der Waals surface area contributed by atoms with E-state index < -0.39 is 48.4 Å². The first-order valence-electron chi connectivity index (χ1n) is 13.2. The highest BCUT2D eigenvalue weighted by atomic mass is 16.7. The first-order chi connectivity index (χ1) is 20.4. The van der Waals surface area contributed by atoms with Crippen LogP contribution in [0.15, 0.2) is 115 Å². The molecule has 3 aromatic carbocycles. The van der Waals surface area contributed by atoms with Crippen molar-refractivity contribution >= 4 is 23.8 Å². The predicted octanol–water partition coefficient (Wildman–Crippen LogP) is 3.61. The van der Waals surface area contributed by atoms with Crippen LogP contribution in [0.2, 0.25) is 0 Å². The van der Waals surface area contributed by atoms with Crippen LogP contribution in [0.3, 0.4) is 0 Å². The zero-order valence-corrected chi connectivity index (χ0v) is 22.4. The Labute approximate surface area is 241 Å². The van der Waals surface area contributed by atoms with Gasteiger partial charge in [-0.3, -0.25) is 4.79 Å². The van der Waals surface area contributed by atoms with Crippen molar-refractivity contribution in [2.75, 3.05) is 6.61 Å². The molecule has 0 radical (unpaired) electrons. The Hall–Kier alpha value is -5.22. The van der Waals surface area contributed by atoms with Gasteiger partial charge < -0.3 is 29.6 Å². The number of rotatable bonds is 9. The van der Waals surface area contributed by atoms with Crippen molar-refractivity contribution in [3.05, 3.63) is 132 Å². The fraction of sp³-hybridized carbons (Fsp3) is 0.188. The lowest BCUT2D eigenvalue weighted by molar-refractivity contribution is -0.115. The minimum atomic E-state index is -1.20. The Morgan fingerprint density at radius 1 is 0.738 bits per heavy atom. The maximum absolute atomic E-state index is 13.2. The molecule has 2 N–H and O–H groups in total. The summed E-state index contributed by atoms with van der Waals surface area (Å²) < 4.78 is 23.6. The third kappa shape index (κ3) is 6.56. The molecule has 5 rings (SSSR count). The molecule has 2 aliphatic rings. The van der Waals surface area contributed by atoms with Gasteiger partial charge in [-0.2, -0.15) is 0 Å². The molecular formula is C32H28N2O8. The molecule has 10 nitrogen and oxygen atoms in total. The SMILES string of the molecule is NC(=O)C1=CN(C2O[C@H](COC(=O)c3ccccc3)[C@@H](OC(=O)c3ccccc3)[C@H]2OC(=O)c2ccccc2)C=CC1. The van der Waals surface area contributed by atoms with Gasteiger partial charge in [0.05, 0.1) is 16.7 Å². The summed E-state index contributed by atoms with van der Waals surface area (Å²) in [5.41, 5.74) is 6.68. The molecule has 0 bridgehead atoms. The maximum Gasteiger partial charge on any atom is 0.338 e. The highest BCUT2D eigenvalue weighted by Gasteiger charge is 2.52. The van der Waals surface area contributed by atoms with E-state index in [1.54, 1.807) is 103 Å². The third-order valence-corrected chi connectivity index (χ3v) is 6.71. The van der Waals surface area contributed by atoms with Gasteiger partial charge in [0.2, 0.25) is 5.91 Å². The molecule has 10 heteroatoms. The van der Waals surface area contributed by atoms with Crippen molar-refractivity contribution in [1.29, 1.82) is 0 Å². The molecule has 0 aromatic heterocycles. The largest absolute Gasteiger partial charge is 0.459 e. The predicted molar refractivity (Wildman–Crippen MR) is 150 cm³/mol. The number of ether oxygens (including phenoxy) is 4. The maximum atomic E-state index is 13.2. The Bertz CT molecular complexity index is 1490. The van der Waals surface area contributed by atoms with E-state index in [4.69, 9.17) is 24.7 Å². The number of hydrogen-bond acceptors (Lipinski definition) is 9. The lowest BCUT2D eigenvalue weighted by atomic mass is 10.1. The van der Waals surface area contributed by atoms with E-state index in [9.17, 15) is 19.2 Å². The zero-order chi connectivity index (χ0) is 29.5. The van der Waals surface area contributed by atoms with Crippen LogP contribution in [-0.2, 0) is 23.7 Å². The minimum absolute atomic E-state index is 0.267. The van der Waals surface area contributed by atoms with Gasteiger partial charge in [0.25, 0.3) is 0 Å². The summed E-state index contributed by atoms with van der Waals surface area (Å²) in [7, 11) is 0. The normalized spacial score (nSPS) is 21.2. The van der Waals surface area contributed by atoms with E-state index >= 15 is 0 Å². The minimum Gasteiger partial charge on any atom is -0.459 e. The molecule has 1 unspecified atom stereocenters. The van der Waals surface area contributed by atoms with Gasteiger partial charge in [-0.1, -0.05) is 60.7 Å². The van der Waals surface area contributed by atoms with Crippen molar-refractivity contribution in [1.82, 2.24) is 4.90 Å². The van der Waals surface area contributed by atoms with Crippen molar-refractivity contribution < 1.29 is 38.1 Å². The second-order valence-corrected chi connectivity index (χ2v) is 9.56. The van der Waals surface area contributed by atoms with E-state index in [2.05, 4.69) is 0 Å². The van der Waals surface area contributed by atoms with Gasteiger partial charge in [0, 0.05) is 18.0 Å². The highest BCUT2D eigenvalue weighted by molar-refractivity contribution is 5.92. The number of primary amides is 1. The first-order valence-corrected chi connectivity index (χ1v) is 13.2.